The number of nitrogens with one attached hydrogen (secondary N) is 3. The molecule has 0 atom stereocenters. The smallest absolute Gasteiger partial charge is 0.329 e. The summed E-state index contributed by atoms with van der Waals surface area (Å²) in [4.78, 5) is 49.8. The average Bonchev–Trinajstić information content (AvgIpc) is 3.20. The van der Waals surface area contributed by atoms with Crippen molar-refractivity contribution >= 4 is 22.8 Å². The van der Waals surface area contributed by atoms with Gasteiger partial charge in [-0.05, 0) is 43.2 Å². The van der Waals surface area contributed by atoms with E-state index in [2.05, 4.69) is 25.3 Å². The molecule has 10 heteroatoms. The fraction of sp³-hybridized carbons (Fsp3) is 0.227. The lowest BCUT2D eigenvalue weighted by Gasteiger charge is -2.13. The zero-order chi connectivity index (χ0) is 22.8. The van der Waals surface area contributed by atoms with Gasteiger partial charge in [-0.25, -0.2) is 14.8 Å². The number of pyridine rings is 1. The summed E-state index contributed by atoms with van der Waals surface area (Å²) in [6, 6.07) is 9.15. The van der Waals surface area contributed by atoms with Crippen molar-refractivity contribution in [3.05, 3.63) is 74.3 Å². The molecule has 0 bridgehead atoms. The molecule has 0 saturated heterocycles. The maximum atomic E-state index is 12.6. The van der Waals surface area contributed by atoms with Crippen LogP contribution in [0.3, 0.4) is 0 Å². The van der Waals surface area contributed by atoms with Crippen molar-refractivity contribution in [2.75, 3.05) is 5.32 Å². The highest BCUT2D eigenvalue weighted by molar-refractivity contribution is 5.92. The minimum atomic E-state index is -0.550. The first-order valence-electron chi connectivity index (χ1n) is 10.0. The summed E-state index contributed by atoms with van der Waals surface area (Å²) >= 11 is 0. The van der Waals surface area contributed by atoms with Gasteiger partial charge in [0.25, 0.3) is 5.56 Å². The topological polar surface area (TPSA) is 135 Å². The van der Waals surface area contributed by atoms with Crippen LogP contribution in [0.1, 0.15) is 23.4 Å². The van der Waals surface area contributed by atoms with Crippen molar-refractivity contribution < 1.29 is 9.53 Å². The second kappa shape index (κ2) is 8.50. The van der Waals surface area contributed by atoms with Crippen LogP contribution in [-0.2, 0) is 18.3 Å². The summed E-state index contributed by atoms with van der Waals surface area (Å²) in [5.74, 6) is 1.11. The summed E-state index contributed by atoms with van der Waals surface area (Å²) in [6.07, 6.45) is 1.94. The molecule has 32 heavy (non-hydrogen) atoms. The number of anilines is 1. The molecule has 0 radical (unpaired) electrons. The van der Waals surface area contributed by atoms with Gasteiger partial charge >= 0.3 is 5.69 Å². The van der Waals surface area contributed by atoms with E-state index < -0.39 is 11.2 Å². The van der Waals surface area contributed by atoms with Gasteiger partial charge < -0.3 is 15.0 Å². The number of hydrogen-bond acceptors (Lipinski definition) is 6. The van der Waals surface area contributed by atoms with E-state index in [0.717, 1.165) is 11.1 Å². The first-order valence-corrected chi connectivity index (χ1v) is 10.0. The Hall–Kier alpha value is -4.21. The number of rotatable bonds is 6. The van der Waals surface area contributed by atoms with Crippen LogP contribution in [0.2, 0.25) is 0 Å². The number of hydrogen-bond donors (Lipinski definition) is 3. The quantitative estimate of drug-likeness (QED) is 0.426. The normalized spacial score (nSPS) is 11.0. The van der Waals surface area contributed by atoms with Gasteiger partial charge in [-0.2, -0.15) is 0 Å². The molecule has 3 heterocycles. The summed E-state index contributed by atoms with van der Waals surface area (Å²) in [6.45, 7) is 3.95. The number of benzene rings is 1. The number of fused-ring (bicyclic) bond motifs is 1. The molecule has 0 aliphatic carbocycles. The number of aromatic amines is 2. The molecule has 0 fully saturated rings. The predicted octanol–water partition coefficient (Wildman–Crippen LogP) is 2.33. The first-order chi connectivity index (χ1) is 15.3. The van der Waals surface area contributed by atoms with Gasteiger partial charge in [-0.15, -0.1) is 0 Å². The van der Waals surface area contributed by atoms with E-state index in [4.69, 9.17) is 4.74 Å². The standard InChI is InChI=1S/C22H22N6O4/c1-12-6-4-8-15(13(12)2)32-21-14(7-5-11-23-21)24-17(29)10-9-16-25-18-19(26-16)28(3)22(31)27-20(18)30/h4-8,11H,9-10H2,1-3H3,(H,24,29)(H,25,26)(H,27,30,31). The third-order valence-electron chi connectivity index (χ3n) is 5.20. The zero-order valence-corrected chi connectivity index (χ0v) is 17.9. The summed E-state index contributed by atoms with van der Waals surface area (Å²) in [7, 11) is 1.51. The van der Waals surface area contributed by atoms with Crippen LogP contribution in [0, 0.1) is 13.8 Å². The van der Waals surface area contributed by atoms with E-state index in [9.17, 15) is 14.4 Å². The van der Waals surface area contributed by atoms with Crippen molar-refractivity contribution in [1.29, 1.82) is 0 Å². The lowest BCUT2D eigenvalue weighted by atomic mass is 10.1. The Kier molecular flexibility index (Phi) is 5.59. The van der Waals surface area contributed by atoms with Gasteiger partial charge in [0.2, 0.25) is 11.8 Å². The molecule has 0 spiro atoms. The molecular formula is C22H22N6O4. The molecule has 1 amide bonds. The highest BCUT2D eigenvalue weighted by Gasteiger charge is 2.14. The molecule has 0 aliphatic heterocycles. The van der Waals surface area contributed by atoms with E-state index in [0.29, 0.717) is 23.1 Å². The summed E-state index contributed by atoms with van der Waals surface area (Å²) < 4.78 is 7.19. The van der Waals surface area contributed by atoms with Gasteiger partial charge in [0.15, 0.2) is 5.65 Å². The maximum absolute atomic E-state index is 12.6. The lowest BCUT2D eigenvalue weighted by Crippen LogP contribution is -2.28. The lowest BCUT2D eigenvalue weighted by molar-refractivity contribution is -0.116. The fourth-order valence-corrected chi connectivity index (χ4v) is 3.22. The molecule has 0 saturated carbocycles. The van der Waals surface area contributed by atoms with Gasteiger partial charge in [0.1, 0.15) is 22.8 Å². The molecule has 3 N–H and O–H groups in total. The largest absolute Gasteiger partial charge is 0.437 e. The molecule has 4 rings (SSSR count). The third-order valence-corrected chi connectivity index (χ3v) is 5.20. The number of aryl methyl sites for hydroxylation is 3. The number of imidazole rings is 1. The van der Waals surface area contributed by atoms with Crippen LogP contribution in [-0.4, -0.2) is 30.4 Å². The minimum Gasteiger partial charge on any atom is -0.437 e. The zero-order valence-electron chi connectivity index (χ0n) is 17.9. The monoisotopic (exact) mass is 434 g/mol. The van der Waals surface area contributed by atoms with E-state index in [1.54, 1.807) is 18.3 Å². The fourth-order valence-electron chi connectivity index (χ4n) is 3.22. The van der Waals surface area contributed by atoms with Gasteiger partial charge in [-0.1, -0.05) is 12.1 Å². The Bertz CT molecular complexity index is 1430. The van der Waals surface area contributed by atoms with Crippen LogP contribution in [0.5, 0.6) is 11.6 Å². The van der Waals surface area contributed by atoms with Crippen molar-refractivity contribution in [3.8, 4) is 11.6 Å². The minimum absolute atomic E-state index is 0.101. The second-order valence-electron chi connectivity index (χ2n) is 7.40. The highest BCUT2D eigenvalue weighted by atomic mass is 16.5. The van der Waals surface area contributed by atoms with Crippen molar-refractivity contribution in [2.24, 2.45) is 7.05 Å². The van der Waals surface area contributed by atoms with Crippen molar-refractivity contribution in [3.63, 3.8) is 0 Å². The number of amides is 1. The van der Waals surface area contributed by atoms with Gasteiger partial charge in [-0.3, -0.25) is 19.1 Å². The third kappa shape index (κ3) is 4.15. The van der Waals surface area contributed by atoms with Gasteiger partial charge in [0.05, 0.1) is 0 Å². The number of carbonyl (C=O) groups is 1. The highest BCUT2D eigenvalue weighted by Crippen LogP contribution is 2.30. The summed E-state index contributed by atoms with van der Waals surface area (Å²) in [5.41, 5.74) is 1.86. The molecule has 3 aromatic heterocycles. The summed E-state index contributed by atoms with van der Waals surface area (Å²) in [5, 5.41) is 2.81. The Morgan fingerprint density at radius 1 is 1.16 bits per heavy atom. The Labute approximate surface area is 182 Å². The van der Waals surface area contributed by atoms with E-state index in [1.807, 2.05) is 32.0 Å². The molecule has 4 aromatic rings. The number of nitrogens with zero attached hydrogens (tertiary/aromatic N) is 3. The van der Waals surface area contributed by atoms with Crippen LogP contribution in [0.15, 0.2) is 46.1 Å². The molecule has 164 valence electrons. The SMILES string of the molecule is Cc1cccc(Oc2ncccc2NC(=O)CCc2nc3c([nH]2)c(=O)[nH]c(=O)n3C)c1C. The Morgan fingerprint density at radius 3 is 2.78 bits per heavy atom. The molecule has 10 nitrogen and oxygen atoms in total. The Balaban J connectivity index is 1.47. The number of carbonyl (C=O) groups excluding carboxylic acids is 1. The molecule has 0 unspecified atom stereocenters. The van der Waals surface area contributed by atoms with Crippen molar-refractivity contribution in [2.45, 2.75) is 26.7 Å². The van der Waals surface area contributed by atoms with E-state index in [-0.39, 0.29) is 29.9 Å². The van der Waals surface area contributed by atoms with E-state index in [1.165, 1.54) is 11.6 Å². The predicted molar refractivity (Wildman–Crippen MR) is 119 cm³/mol. The van der Waals surface area contributed by atoms with Crippen LogP contribution >= 0.6 is 0 Å². The van der Waals surface area contributed by atoms with Crippen LogP contribution in [0.4, 0.5) is 5.69 Å². The van der Waals surface area contributed by atoms with Crippen LogP contribution in [0.25, 0.3) is 11.2 Å². The first kappa shape index (κ1) is 21.0. The molecule has 1 aromatic carbocycles. The van der Waals surface area contributed by atoms with Crippen LogP contribution < -0.4 is 21.3 Å². The molecule has 0 aliphatic rings. The average molecular weight is 434 g/mol. The van der Waals surface area contributed by atoms with Gasteiger partial charge in [0, 0.05) is 26.1 Å². The molecular weight excluding hydrogens is 412 g/mol. The second-order valence-corrected chi connectivity index (χ2v) is 7.40. The van der Waals surface area contributed by atoms with Crippen molar-refractivity contribution in [1.82, 2.24) is 24.5 Å². The number of aromatic nitrogens is 5. The van der Waals surface area contributed by atoms with E-state index >= 15 is 0 Å². The Morgan fingerprint density at radius 2 is 1.97 bits per heavy atom. The number of ether oxygens (including phenoxy) is 1. The maximum Gasteiger partial charge on any atom is 0.329 e. The number of H-pyrrole nitrogens is 2.